The van der Waals surface area contributed by atoms with E-state index in [-0.39, 0.29) is 17.9 Å². The predicted molar refractivity (Wildman–Crippen MR) is 118 cm³/mol. The zero-order chi connectivity index (χ0) is 25.1. The Labute approximate surface area is 196 Å². The van der Waals surface area contributed by atoms with Crippen molar-refractivity contribution < 1.29 is 32.5 Å². The van der Waals surface area contributed by atoms with E-state index < -0.39 is 41.4 Å². The van der Waals surface area contributed by atoms with Gasteiger partial charge in [0, 0.05) is 30.4 Å². The maximum atomic E-state index is 13.2. The normalized spacial score (nSPS) is 18.5. The first-order chi connectivity index (χ1) is 16.6. The number of benzene rings is 2. The summed E-state index contributed by atoms with van der Waals surface area (Å²) in [5.74, 6) is 0.474. The van der Waals surface area contributed by atoms with Crippen LogP contribution in [0.15, 0.2) is 47.3 Å². The van der Waals surface area contributed by atoms with Gasteiger partial charge in [-0.15, -0.1) is 0 Å². The summed E-state index contributed by atoms with van der Waals surface area (Å²) in [4.78, 5) is 27.6. The Morgan fingerprint density at radius 2 is 1.80 bits per heavy atom. The fourth-order valence-corrected chi connectivity index (χ4v) is 4.80. The zero-order valence-electron chi connectivity index (χ0n) is 18.7. The SMILES string of the molecule is COc1cc(NC(=O)N2CC3C[C@@H]2c2c(O)n(-c4cccc(C(F)(F)F)c4)c(=O)n23)cc(OC)c1. The third-order valence-electron chi connectivity index (χ3n) is 6.35. The molecule has 0 spiro atoms. The molecular formula is C23H21F3N4O5. The summed E-state index contributed by atoms with van der Waals surface area (Å²) in [6, 6.07) is 7.58. The number of likely N-dealkylation sites (tertiary alicyclic amines) is 1. The molecule has 12 heteroatoms. The van der Waals surface area contributed by atoms with Crippen LogP contribution >= 0.6 is 0 Å². The van der Waals surface area contributed by atoms with Crippen LogP contribution in [-0.2, 0) is 6.18 Å². The van der Waals surface area contributed by atoms with E-state index in [0.29, 0.717) is 23.6 Å². The Morgan fingerprint density at radius 3 is 2.43 bits per heavy atom. The van der Waals surface area contributed by atoms with Crippen molar-refractivity contribution in [2.75, 3.05) is 26.1 Å². The van der Waals surface area contributed by atoms with E-state index in [2.05, 4.69) is 5.32 Å². The number of hydrogen-bond acceptors (Lipinski definition) is 5. The van der Waals surface area contributed by atoms with E-state index >= 15 is 0 Å². The van der Waals surface area contributed by atoms with Crippen molar-refractivity contribution in [3.63, 3.8) is 0 Å². The number of nitrogens with zero attached hydrogens (tertiary/aromatic N) is 3. The summed E-state index contributed by atoms with van der Waals surface area (Å²) in [6.07, 6.45) is -4.19. The first-order valence-corrected chi connectivity index (χ1v) is 10.7. The molecule has 2 bridgehead atoms. The van der Waals surface area contributed by atoms with Crippen LogP contribution in [0.4, 0.5) is 23.7 Å². The average molecular weight is 490 g/mol. The molecule has 2 aliphatic rings. The number of aromatic nitrogens is 2. The smallest absolute Gasteiger partial charge is 0.416 e. The predicted octanol–water partition coefficient (Wildman–Crippen LogP) is 3.91. The molecular weight excluding hydrogens is 469 g/mol. The number of anilines is 1. The zero-order valence-corrected chi connectivity index (χ0v) is 18.7. The van der Waals surface area contributed by atoms with Crippen molar-refractivity contribution in [2.24, 2.45) is 0 Å². The van der Waals surface area contributed by atoms with Gasteiger partial charge in [0.2, 0.25) is 5.88 Å². The molecule has 5 rings (SSSR count). The van der Waals surface area contributed by atoms with Gasteiger partial charge in [-0.1, -0.05) is 6.07 Å². The van der Waals surface area contributed by atoms with Gasteiger partial charge in [-0.05, 0) is 24.6 Å². The molecule has 0 aliphatic carbocycles. The minimum Gasteiger partial charge on any atom is -0.497 e. The van der Waals surface area contributed by atoms with Gasteiger partial charge in [-0.2, -0.15) is 13.2 Å². The fraction of sp³-hybridized carbons (Fsp3) is 0.304. The summed E-state index contributed by atoms with van der Waals surface area (Å²) in [5, 5.41) is 13.7. The van der Waals surface area contributed by atoms with E-state index in [1.807, 2.05) is 0 Å². The summed E-state index contributed by atoms with van der Waals surface area (Å²) in [7, 11) is 2.97. The molecule has 0 saturated carbocycles. The highest BCUT2D eigenvalue weighted by Gasteiger charge is 2.49. The van der Waals surface area contributed by atoms with E-state index in [4.69, 9.17) is 9.47 Å². The Hall–Kier alpha value is -4.09. The van der Waals surface area contributed by atoms with Gasteiger partial charge >= 0.3 is 17.9 Å². The van der Waals surface area contributed by atoms with Gasteiger partial charge < -0.3 is 24.8 Å². The molecule has 2 atom stereocenters. The maximum absolute atomic E-state index is 13.2. The third kappa shape index (κ3) is 3.65. The second kappa shape index (κ2) is 8.00. The van der Waals surface area contributed by atoms with Crippen LogP contribution < -0.4 is 20.5 Å². The number of carbonyl (C=O) groups is 1. The Morgan fingerprint density at radius 1 is 1.11 bits per heavy atom. The van der Waals surface area contributed by atoms with E-state index in [1.54, 1.807) is 18.2 Å². The lowest BCUT2D eigenvalue weighted by Gasteiger charge is -2.28. The largest absolute Gasteiger partial charge is 0.497 e. The quantitative estimate of drug-likeness (QED) is 0.578. The van der Waals surface area contributed by atoms with Gasteiger partial charge in [0.05, 0.1) is 37.6 Å². The highest BCUT2D eigenvalue weighted by atomic mass is 19.4. The highest BCUT2D eigenvalue weighted by molar-refractivity contribution is 5.90. The van der Waals surface area contributed by atoms with Crippen LogP contribution in [-0.4, -0.2) is 45.9 Å². The minimum absolute atomic E-state index is 0.108. The number of fused-ring (bicyclic) bond motifs is 5. The number of ether oxygens (including phenoxy) is 2. The summed E-state index contributed by atoms with van der Waals surface area (Å²) < 4.78 is 52.2. The molecule has 35 heavy (non-hydrogen) atoms. The second-order valence-corrected chi connectivity index (χ2v) is 8.33. The van der Waals surface area contributed by atoms with Crippen molar-refractivity contribution in [1.29, 1.82) is 0 Å². The molecule has 2 N–H and O–H groups in total. The number of rotatable bonds is 4. The molecule has 2 aliphatic heterocycles. The Bertz CT molecular complexity index is 1360. The molecule has 2 amide bonds. The number of urea groups is 1. The number of hydrogen-bond donors (Lipinski definition) is 2. The van der Waals surface area contributed by atoms with Crippen LogP contribution in [0, 0.1) is 0 Å². The first-order valence-electron chi connectivity index (χ1n) is 10.7. The second-order valence-electron chi connectivity index (χ2n) is 8.33. The average Bonchev–Trinajstić information content (AvgIpc) is 3.49. The van der Waals surface area contributed by atoms with E-state index in [0.717, 1.165) is 16.7 Å². The molecule has 1 fully saturated rings. The molecule has 184 valence electrons. The van der Waals surface area contributed by atoms with Crippen LogP contribution in [0.25, 0.3) is 5.69 Å². The molecule has 2 aromatic carbocycles. The molecule has 0 radical (unpaired) electrons. The summed E-state index contributed by atoms with van der Waals surface area (Å²) >= 11 is 0. The van der Waals surface area contributed by atoms with Crippen molar-refractivity contribution in [3.05, 3.63) is 64.2 Å². The first kappa shape index (κ1) is 22.7. The molecule has 3 aromatic rings. The van der Waals surface area contributed by atoms with Crippen LogP contribution in [0.5, 0.6) is 17.4 Å². The Kier molecular flexibility index (Phi) is 5.18. The lowest BCUT2D eigenvalue weighted by atomic mass is 10.2. The molecule has 3 heterocycles. The number of methoxy groups -OCH3 is 2. The summed E-state index contributed by atoms with van der Waals surface area (Å²) in [5.41, 5.74) is -1.07. The van der Waals surface area contributed by atoms with Gasteiger partial charge in [-0.3, -0.25) is 4.57 Å². The number of halogens is 3. The monoisotopic (exact) mass is 490 g/mol. The van der Waals surface area contributed by atoms with Crippen LogP contribution in [0.1, 0.15) is 29.8 Å². The molecule has 1 saturated heterocycles. The van der Waals surface area contributed by atoms with E-state index in [1.165, 1.54) is 35.8 Å². The molecule has 1 aromatic heterocycles. The van der Waals surface area contributed by atoms with Gasteiger partial charge in [0.25, 0.3) is 0 Å². The standard InChI is InChI=1S/C23H21F3N4O5/c1-34-16-7-13(8-17(10-16)35-2)27-21(32)28-11-15-9-18(28)19-20(31)30(22(33)29(15)19)14-5-3-4-12(6-14)23(24,25)26/h3-8,10,15,18,31H,9,11H2,1-2H3,(H,27,32)/t15?,18-/m1/s1. The topological polar surface area (TPSA) is 98.0 Å². The number of amides is 2. The molecule has 1 unspecified atom stereocenters. The number of nitrogens with one attached hydrogen (secondary N) is 1. The van der Waals surface area contributed by atoms with Crippen molar-refractivity contribution in [2.45, 2.75) is 24.7 Å². The van der Waals surface area contributed by atoms with Crippen molar-refractivity contribution >= 4 is 11.7 Å². The number of carbonyl (C=O) groups excluding carboxylic acids is 1. The Balaban J connectivity index is 1.46. The van der Waals surface area contributed by atoms with Crippen LogP contribution in [0.3, 0.4) is 0 Å². The fourth-order valence-electron chi connectivity index (χ4n) is 4.80. The highest BCUT2D eigenvalue weighted by Crippen LogP contribution is 2.49. The number of alkyl halides is 3. The minimum atomic E-state index is -4.60. The van der Waals surface area contributed by atoms with Gasteiger partial charge in [0.1, 0.15) is 17.2 Å². The number of aromatic hydroxyl groups is 1. The lowest BCUT2D eigenvalue weighted by Crippen LogP contribution is -2.40. The van der Waals surface area contributed by atoms with Gasteiger partial charge in [-0.25, -0.2) is 14.2 Å². The lowest BCUT2D eigenvalue weighted by molar-refractivity contribution is -0.137. The molecule has 9 nitrogen and oxygen atoms in total. The number of imidazole rings is 1. The van der Waals surface area contributed by atoms with Crippen molar-refractivity contribution in [3.8, 4) is 23.1 Å². The van der Waals surface area contributed by atoms with Gasteiger partial charge in [0.15, 0.2) is 0 Å². The summed E-state index contributed by atoms with van der Waals surface area (Å²) in [6.45, 7) is 0.205. The van der Waals surface area contributed by atoms with Crippen molar-refractivity contribution in [1.82, 2.24) is 14.0 Å². The van der Waals surface area contributed by atoms with E-state index in [9.17, 15) is 27.9 Å². The third-order valence-corrected chi connectivity index (χ3v) is 6.35. The maximum Gasteiger partial charge on any atom is 0.416 e. The van der Waals surface area contributed by atoms with Crippen LogP contribution in [0.2, 0.25) is 0 Å².